The normalized spacial score (nSPS) is 17.2. The van der Waals surface area contributed by atoms with Gasteiger partial charge in [-0.3, -0.25) is 9.69 Å². The number of hydrogen-bond donors (Lipinski definition) is 0. The molecule has 2 nitrogen and oxygen atoms in total. The van der Waals surface area contributed by atoms with Crippen LogP contribution in [0.2, 0.25) is 0 Å². The molecule has 1 aromatic carbocycles. The van der Waals surface area contributed by atoms with E-state index >= 15 is 0 Å². The number of thiocarbonyl (C=S) groups is 1. The Hall–Kier alpha value is -1.43. The van der Waals surface area contributed by atoms with Crippen LogP contribution in [0.4, 0.5) is 0 Å². The van der Waals surface area contributed by atoms with E-state index < -0.39 is 0 Å². The third kappa shape index (κ3) is 2.85. The van der Waals surface area contributed by atoms with Crippen LogP contribution in [0.25, 0.3) is 6.08 Å². The van der Waals surface area contributed by atoms with Crippen molar-refractivity contribution in [3.8, 4) is 0 Å². The summed E-state index contributed by atoms with van der Waals surface area (Å²) in [6.07, 6.45) is 1.91. The minimum atomic E-state index is -0.00254. The molecule has 0 bridgehead atoms. The smallest absolute Gasteiger partial charge is 0.266 e. The van der Waals surface area contributed by atoms with E-state index in [9.17, 15) is 4.79 Å². The van der Waals surface area contributed by atoms with Crippen LogP contribution in [0.5, 0.6) is 0 Å². The molecule has 1 amide bonds. The second kappa shape index (κ2) is 5.91. The molecule has 0 unspecified atom stereocenters. The van der Waals surface area contributed by atoms with Crippen LogP contribution >= 0.6 is 35.3 Å². The highest BCUT2D eigenvalue weighted by molar-refractivity contribution is 8.26. The van der Waals surface area contributed by atoms with Crippen molar-refractivity contribution in [1.29, 1.82) is 0 Å². The molecule has 0 radical (unpaired) electrons. The SMILES string of the molecule is O=C1C(=Cc2cccs2)SC(=S)N1Cc1ccccc1. The van der Waals surface area contributed by atoms with Crippen molar-refractivity contribution < 1.29 is 4.79 Å². The maximum atomic E-state index is 12.4. The predicted octanol–water partition coefficient (Wildman–Crippen LogP) is 4.15. The Bertz CT molecular complexity index is 662. The summed E-state index contributed by atoms with van der Waals surface area (Å²) in [5, 5.41) is 2.00. The van der Waals surface area contributed by atoms with E-state index in [1.54, 1.807) is 16.2 Å². The van der Waals surface area contributed by atoms with E-state index in [0.717, 1.165) is 10.4 Å². The lowest BCUT2D eigenvalue weighted by Crippen LogP contribution is -2.27. The zero-order chi connectivity index (χ0) is 13.9. The Morgan fingerprint density at radius 2 is 1.95 bits per heavy atom. The Kier molecular flexibility index (Phi) is 4.00. The monoisotopic (exact) mass is 317 g/mol. The van der Waals surface area contributed by atoms with Crippen LogP contribution in [0.3, 0.4) is 0 Å². The van der Waals surface area contributed by atoms with Crippen LogP contribution in [0, 0.1) is 0 Å². The molecular formula is C15H11NOS3. The van der Waals surface area contributed by atoms with Crippen molar-refractivity contribution in [2.24, 2.45) is 0 Å². The Labute approximate surface area is 131 Å². The molecule has 0 N–H and O–H groups in total. The van der Waals surface area contributed by atoms with E-state index in [4.69, 9.17) is 12.2 Å². The van der Waals surface area contributed by atoms with E-state index in [0.29, 0.717) is 15.8 Å². The molecule has 5 heteroatoms. The zero-order valence-electron chi connectivity index (χ0n) is 10.5. The zero-order valence-corrected chi connectivity index (χ0v) is 12.9. The highest BCUT2D eigenvalue weighted by Gasteiger charge is 2.31. The standard InChI is InChI=1S/C15H11NOS3/c17-14-13(9-12-7-4-8-19-12)20-15(18)16(14)10-11-5-2-1-3-6-11/h1-9H,10H2. The fourth-order valence-corrected chi connectivity index (χ4v) is 3.88. The van der Waals surface area contributed by atoms with Gasteiger partial charge < -0.3 is 0 Å². The molecular weight excluding hydrogens is 306 g/mol. The summed E-state index contributed by atoms with van der Waals surface area (Å²) in [6.45, 7) is 0.535. The number of hydrogen-bond acceptors (Lipinski definition) is 4. The van der Waals surface area contributed by atoms with Crippen molar-refractivity contribution in [1.82, 2.24) is 4.90 Å². The summed E-state index contributed by atoms with van der Waals surface area (Å²) in [7, 11) is 0. The van der Waals surface area contributed by atoms with Crippen LogP contribution in [-0.2, 0) is 11.3 Å². The maximum Gasteiger partial charge on any atom is 0.266 e. The first kappa shape index (κ1) is 13.5. The predicted molar refractivity (Wildman–Crippen MR) is 89.5 cm³/mol. The largest absolute Gasteiger partial charge is 0.288 e. The van der Waals surface area contributed by atoms with Crippen LogP contribution in [-0.4, -0.2) is 15.1 Å². The summed E-state index contributed by atoms with van der Waals surface area (Å²) in [4.78, 5) is 15.8. The van der Waals surface area contributed by atoms with Crippen LogP contribution in [0.1, 0.15) is 10.4 Å². The first-order chi connectivity index (χ1) is 9.74. The van der Waals surface area contributed by atoms with Gasteiger partial charge in [-0.25, -0.2) is 0 Å². The van der Waals surface area contributed by atoms with Crippen molar-refractivity contribution in [2.45, 2.75) is 6.54 Å². The van der Waals surface area contributed by atoms with Crippen molar-refractivity contribution in [3.63, 3.8) is 0 Å². The minimum absolute atomic E-state index is 0.00254. The Balaban J connectivity index is 1.81. The third-order valence-electron chi connectivity index (χ3n) is 2.87. The molecule has 2 aromatic rings. The molecule has 0 saturated carbocycles. The Morgan fingerprint density at radius 3 is 2.65 bits per heavy atom. The molecule has 1 aliphatic heterocycles. The molecule has 1 aromatic heterocycles. The number of thioether (sulfide) groups is 1. The number of nitrogens with zero attached hydrogens (tertiary/aromatic N) is 1. The summed E-state index contributed by atoms with van der Waals surface area (Å²) in [5.41, 5.74) is 1.08. The van der Waals surface area contributed by atoms with Gasteiger partial charge >= 0.3 is 0 Å². The molecule has 0 spiro atoms. The molecule has 1 saturated heterocycles. The molecule has 100 valence electrons. The van der Waals surface area contributed by atoms with Gasteiger partial charge in [0.2, 0.25) is 0 Å². The van der Waals surface area contributed by atoms with Gasteiger partial charge in [-0.2, -0.15) is 0 Å². The summed E-state index contributed by atoms with van der Waals surface area (Å²) in [6, 6.07) is 13.9. The second-order valence-corrected chi connectivity index (χ2v) is 6.92. The fourth-order valence-electron chi connectivity index (χ4n) is 1.90. The fraction of sp³-hybridized carbons (Fsp3) is 0.0667. The lowest BCUT2D eigenvalue weighted by molar-refractivity contribution is -0.122. The van der Waals surface area contributed by atoms with Gasteiger partial charge in [0.15, 0.2) is 0 Å². The van der Waals surface area contributed by atoms with Gasteiger partial charge in [0.25, 0.3) is 5.91 Å². The van der Waals surface area contributed by atoms with Gasteiger partial charge in [0, 0.05) is 4.88 Å². The van der Waals surface area contributed by atoms with E-state index in [-0.39, 0.29) is 5.91 Å². The number of carbonyl (C=O) groups is 1. The van der Waals surface area contributed by atoms with E-state index in [1.165, 1.54) is 11.8 Å². The van der Waals surface area contributed by atoms with E-state index in [1.807, 2.05) is 53.9 Å². The molecule has 2 heterocycles. The summed E-state index contributed by atoms with van der Waals surface area (Å²) < 4.78 is 0.627. The molecule has 1 fully saturated rings. The van der Waals surface area contributed by atoms with Gasteiger partial charge in [-0.15, -0.1) is 11.3 Å². The van der Waals surface area contributed by atoms with Gasteiger partial charge in [-0.1, -0.05) is 60.4 Å². The quantitative estimate of drug-likeness (QED) is 0.626. The molecule has 3 rings (SSSR count). The van der Waals surface area contributed by atoms with E-state index in [2.05, 4.69) is 0 Å². The first-order valence-corrected chi connectivity index (χ1v) is 8.17. The second-order valence-electron chi connectivity index (χ2n) is 4.27. The number of benzene rings is 1. The number of amides is 1. The average Bonchev–Trinajstić information content (AvgIpc) is 3.05. The molecule has 20 heavy (non-hydrogen) atoms. The average molecular weight is 317 g/mol. The molecule has 0 aliphatic carbocycles. The van der Waals surface area contributed by atoms with Crippen molar-refractivity contribution >= 4 is 51.6 Å². The van der Waals surface area contributed by atoms with Crippen LogP contribution in [0.15, 0.2) is 52.7 Å². The number of thiophene rings is 1. The molecule has 1 aliphatic rings. The van der Waals surface area contributed by atoms with Crippen LogP contribution < -0.4 is 0 Å². The highest BCUT2D eigenvalue weighted by Crippen LogP contribution is 2.34. The van der Waals surface area contributed by atoms with Crippen molar-refractivity contribution in [2.75, 3.05) is 0 Å². The summed E-state index contributed by atoms with van der Waals surface area (Å²) >= 11 is 8.31. The number of rotatable bonds is 3. The van der Waals surface area contributed by atoms with Crippen molar-refractivity contribution in [3.05, 3.63) is 63.2 Å². The third-order valence-corrected chi connectivity index (χ3v) is 5.07. The van der Waals surface area contributed by atoms with Gasteiger partial charge in [0.1, 0.15) is 4.32 Å². The lowest BCUT2D eigenvalue weighted by Gasteiger charge is -2.14. The van der Waals surface area contributed by atoms with Gasteiger partial charge in [-0.05, 0) is 23.1 Å². The first-order valence-electron chi connectivity index (χ1n) is 6.07. The summed E-state index contributed by atoms with van der Waals surface area (Å²) in [5.74, 6) is -0.00254. The maximum absolute atomic E-state index is 12.4. The number of carbonyl (C=O) groups excluding carboxylic acids is 1. The minimum Gasteiger partial charge on any atom is -0.288 e. The Morgan fingerprint density at radius 1 is 1.15 bits per heavy atom. The topological polar surface area (TPSA) is 20.3 Å². The molecule has 0 atom stereocenters. The van der Waals surface area contributed by atoms with Gasteiger partial charge in [0.05, 0.1) is 11.4 Å². The highest BCUT2D eigenvalue weighted by atomic mass is 32.2. The lowest BCUT2D eigenvalue weighted by atomic mass is 10.2.